The molecule has 0 heterocycles. The van der Waals surface area contributed by atoms with Crippen molar-refractivity contribution in [2.45, 2.75) is 35.5 Å². The molecule has 1 radical (unpaired) electrons. The summed E-state index contributed by atoms with van der Waals surface area (Å²) >= 11 is 11.3. The second kappa shape index (κ2) is 1.81. The van der Waals surface area contributed by atoms with Crippen molar-refractivity contribution in [3.8, 4) is 0 Å². The van der Waals surface area contributed by atoms with E-state index in [1.54, 1.807) is 0 Å². The lowest BCUT2D eigenvalue weighted by Gasteiger charge is -2.11. The van der Waals surface area contributed by atoms with Gasteiger partial charge < -0.3 is 4.74 Å². The van der Waals surface area contributed by atoms with Crippen LogP contribution in [0.4, 0.5) is 0 Å². The van der Waals surface area contributed by atoms with Gasteiger partial charge in [0.2, 0.25) is 5.79 Å². The molecule has 0 N–H and O–H groups in total. The Kier molecular flexibility index (Phi) is 1.29. The van der Waals surface area contributed by atoms with Crippen LogP contribution in [0.15, 0.2) is 0 Å². The smallest absolute Gasteiger partial charge is 0.221 e. The van der Waals surface area contributed by atoms with Crippen LogP contribution in [-0.4, -0.2) is 16.2 Å². The second-order valence-corrected chi connectivity index (χ2v) is 4.18. The van der Waals surface area contributed by atoms with Crippen molar-refractivity contribution in [2.75, 3.05) is 0 Å². The van der Waals surface area contributed by atoms with Crippen LogP contribution in [0, 0.1) is 0 Å². The van der Waals surface area contributed by atoms with Gasteiger partial charge in [0.1, 0.15) is 5.06 Å². The number of ether oxygens (including phenoxy) is 1. The van der Waals surface area contributed by atoms with Crippen LogP contribution in [0.5, 0.6) is 0 Å². The lowest BCUT2D eigenvalue weighted by molar-refractivity contribution is -0.182. The molecule has 2 saturated carbocycles. The van der Waals surface area contributed by atoms with E-state index in [4.69, 9.17) is 27.9 Å². The van der Waals surface area contributed by atoms with Crippen molar-refractivity contribution < 1.29 is 9.84 Å². The number of hydrogen-bond acceptors (Lipinski definition) is 1. The van der Waals surface area contributed by atoms with Crippen LogP contribution >= 0.6 is 23.2 Å². The molecule has 2 rings (SSSR count). The first-order valence-electron chi connectivity index (χ1n) is 3.28. The molecular formula is C6H7Cl2O2. The van der Waals surface area contributed by atoms with Gasteiger partial charge in [-0.1, -0.05) is 11.6 Å². The molecule has 0 saturated heterocycles. The second-order valence-electron chi connectivity index (χ2n) is 2.97. The van der Waals surface area contributed by atoms with E-state index in [-0.39, 0.29) is 5.38 Å². The minimum atomic E-state index is -1.36. The van der Waals surface area contributed by atoms with Crippen LogP contribution in [0.3, 0.4) is 0 Å². The third-order valence-electron chi connectivity index (χ3n) is 1.78. The maximum atomic E-state index is 11.2. The average Bonchev–Trinajstić information content (AvgIpc) is 2.57. The molecule has 0 aromatic carbocycles. The molecule has 57 valence electrons. The Morgan fingerprint density at radius 3 is 2.30 bits per heavy atom. The van der Waals surface area contributed by atoms with E-state index in [2.05, 4.69) is 0 Å². The fourth-order valence-electron chi connectivity index (χ4n) is 0.806. The Labute approximate surface area is 69.1 Å². The molecule has 2 unspecified atom stereocenters. The molecule has 10 heavy (non-hydrogen) atoms. The average molecular weight is 182 g/mol. The number of hydrogen-bond donors (Lipinski definition) is 0. The molecule has 2 aliphatic carbocycles. The maximum absolute atomic E-state index is 11.2. The van der Waals surface area contributed by atoms with E-state index < -0.39 is 10.8 Å². The number of alkyl halides is 2. The summed E-state index contributed by atoms with van der Waals surface area (Å²) in [6, 6.07) is 0. The van der Waals surface area contributed by atoms with Crippen molar-refractivity contribution in [1.82, 2.24) is 0 Å². The molecule has 0 aromatic heterocycles. The van der Waals surface area contributed by atoms with Gasteiger partial charge in [-0.15, -0.1) is 11.6 Å². The van der Waals surface area contributed by atoms with Crippen molar-refractivity contribution in [3.05, 3.63) is 0 Å². The molecule has 0 aliphatic heterocycles. The van der Waals surface area contributed by atoms with Gasteiger partial charge in [0.05, 0.1) is 5.38 Å². The SMILES string of the molecule is [O]C1(OC2(Cl)CC2)CC1Cl. The normalized spacial score (nSPS) is 48.9. The molecule has 0 bridgehead atoms. The first kappa shape index (κ1) is 7.17. The van der Waals surface area contributed by atoms with E-state index in [0.717, 1.165) is 12.8 Å². The van der Waals surface area contributed by atoms with Crippen LogP contribution in [0.1, 0.15) is 19.3 Å². The monoisotopic (exact) mass is 181 g/mol. The summed E-state index contributed by atoms with van der Waals surface area (Å²) in [5.41, 5.74) is 0. The predicted octanol–water partition coefficient (Wildman–Crippen LogP) is 1.87. The zero-order valence-electron chi connectivity index (χ0n) is 5.27. The zero-order chi connectivity index (χ0) is 7.41. The number of halogens is 2. The number of rotatable bonds is 2. The van der Waals surface area contributed by atoms with Crippen LogP contribution < -0.4 is 0 Å². The highest BCUT2D eigenvalue weighted by molar-refractivity contribution is 6.25. The molecule has 2 aliphatic rings. The molecule has 2 fully saturated rings. The van der Waals surface area contributed by atoms with Gasteiger partial charge in [-0.3, -0.25) is 0 Å². The first-order valence-corrected chi connectivity index (χ1v) is 4.09. The quantitative estimate of drug-likeness (QED) is 0.473. The highest BCUT2D eigenvalue weighted by Gasteiger charge is 2.62. The minimum Gasteiger partial charge on any atom is -0.324 e. The predicted molar refractivity (Wildman–Crippen MR) is 36.6 cm³/mol. The van der Waals surface area contributed by atoms with Crippen molar-refractivity contribution >= 4 is 23.2 Å². The highest BCUT2D eigenvalue weighted by Crippen LogP contribution is 2.53. The summed E-state index contributed by atoms with van der Waals surface area (Å²) in [7, 11) is 0. The Hall–Kier alpha value is 0.500. The summed E-state index contributed by atoms with van der Waals surface area (Å²) < 4.78 is 5.04. The standard InChI is InChI=1S/C6H7Cl2O2/c7-4-3-6(4,9)10-5(8)1-2-5/h4H,1-3H2. The Morgan fingerprint density at radius 2 is 2.00 bits per heavy atom. The van der Waals surface area contributed by atoms with Gasteiger partial charge in [-0.25, -0.2) is 0 Å². The molecule has 2 atom stereocenters. The summed E-state index contributed by atoms with van der Waals surface area (Å²) in [5.74, 6) is -1.36. The minimum absolute atomic E-state index is 0.372. The third kappa shape index (κ3) is 1.14. The Morgan fingerprint density at radius 1 is 1.50 bits per heavy atom. The van der Waals surface area contributed by atoms with Gasteiger partial charge in [0, 0.05) is 6.42 Å². The molecule has 2 nitrogen and oxygen atoms in total. The van der Waals surface area contributed by atoms with Gasteiger partial charge in [0.25, 0.3) is 0 Å². The van der Waals surface area contributed by atoms with E-state index in [9.17, 15) is 5.11 Å². The van der Waals surface area contributed by atoms with Crippen LogP contribution in [0.2, 0.25) is 0 Å². The van der Waals surface area contributed by atoms with Crippen molar-refractivity contribution in [2.24, 2.45) is 0 Å². The topological polar surface area (TPSA) is 29.1 Å². The van der Waals surface area contributed by atoms with Gasteiger partial charge >= 0.3 is 0 Å². The van der Waals surface area contributed by atoms with Gasteiger partial charge in [0.15, 0.2) is 0 Å². The van der Waals surface area contributed by atoms with E-state index in [1.807, 2.05) is 0 Å². The Bertz CT molecular complexity index is 169. The fourth-order valence-corrected chi connectivity index (χ4v) is 1.29. The van der Waals surface area contributed by atoms with Crippen molar-refractivity contribution in [3.63, 3.8) is 0 Å². The van der Waals surface area contributed by atoms with Crippen LogP contribution in [-0.2, 0) is 9.84 Å². The summed E-state index contributed by atoms with van der Waals surface area (Å²) in [4.78, 5) is 0. The van der Waals surface area contributed by atoms with E-state index in [0.29, 0.717) is 6.42 Å². The largest absolute Gasteiger partial charge is 0.324 e. The van der Waals surface area contributed by atoms with E-state index >= 15 is 0 Å². The van der Waals surface area contributed by atoms with Crippen LogP contribution in [0.25, 0.3) is 0 Å². The molecule has 4 heteroatoms. The molecule has 0 amide bonds. The molecule has 0 aromatic rings. The Balaban J connectivity index is 1.91. The zero-order valence-corrected chi connectivity index (χ0v) is 6.78. The maximum Gasteiger partial charge on any atom is 0.221 e. The lowest BCUT2D eigenvalue weighted by atomic mass is 10.7. The van der Waals surface area contributed by atoms with E-state index in [1.165, 1.54) is 0 Å². The highest BCUT2D eigenvalue weighted by atomic mass is 35.5. The van der Waals surface area contributed by atoms with Gasteiger partial charge in [-0.05, 0) is 12.8 Å². The third-order valence-corrected chi connectivity index (χ3v) is 2.72. The molecular weight excluding hydrogens is 175 g/mol. The van der Waals surface area contributed by atoms with Gasteiger partial charge in [-0.2, -0.15) is 5.11 Å². The first-order chi connectivity index (χ1) is 4.54. The summed E-state index contributed by atoms with van der Waals surface area (Å²) in [5, 5.41) is 10.1. The fraction of sp³-hybridized carbons (Fsp3) is 1.00. The molecule has 0 spiro atoms. The summed E-state index contributed by atoms with van der Waals surface area (Å²) in [6.45, 7) is 0. The lowest BCUT2D eigenvalue weighted by Crippen LogP contribution is -2.21. The summed E-state index contributed by atoms with van der Waals surface area (Å²) in [6.07, 6.45) is 1.95. The van der Waals surface area contributed by atoms with Crippen molar-refractivity contribution in [1.29, 1.82) is 0 Å².